The lowest BCUT2D eigenvalue weighted by Gasteiger charge is -2.25. The summed E-state index contributed by atoms with van der Waals surface area (Å²) in [6.07, 6.45) is 3.09. The zero-order valence-corrected chi connectivity index (χ0v) is 14.6. The average Bonchev–Trinajstić information content (AvgIpc) is 3.06. The summed E-state index contributed by atoms with van der Waals surface area (Å²) >= 11 is 0. The van der Waals surface area contributed by atoms with Gasteiger partial charge < -0.3 is 15.6 Å². The Bertz CT molecular complexity index is 783. The van der Waals surface area contributed by atoms with Crippen LogP contribution in [0.15, 0.2) is 15.8 Å². The molecule has 1 aromatic heterocycles. The largest absolute Gasteiger partial charge is 0.480 e. The summed E-state index contributed by atoms with van der Waals surface area (Å²) in [6, 6.07) is -1.11. The molecule has 3 heterocycles. The van der Waals surface area contributed by atoms with Gasteiger partial charge in [0, 0.05) is 19.3 Å². The molecule has 0 radical (unpaired) electrons. The second kappa shape index (κ2) is 6.76. The molecule has 8 nitrogen and oxygen atoms in total. The van der Waals surface area contributed by atoms with Crippen LogP contribution < -0.4 is 17.0 Å². The number of carboxylic acid groups (broad SMARTS) is 1. The summed E-state index contributed by atoms with van der Waals surface area (Å²) < 4.78 is 8.77. The van der Waals surface area contributed by atoms with Gasteiger partial charge in [-0.2, -0.15) is 0 Å². The van der Waals surface area contributed by atoms with Crippen molar-refractivity contribution < 1.29 is 14.6 Å². The van der Waals surface area contributed by atoms with Crippen LogP contribution in [0.3, 0.4) is 0 Å². The Balaban J connectivity index is 2.03. The van der Waals surface area contributed by atoms with Crippen LogP contribution in [-0.4, -0.2) is 32.4 Å². The molecule has 4 unspecified atom stereocenters. The van der Waals surface area contributed by atoms with Crippen LogP contribution in [0.2, 0.25) is 0 Å². The molecule has 0 aromatic carbocycles. The summed E-state index contributed by atoms with van der Waals surface area (Å²) in [5.74, 6) is -0.637. The van der Waals surface area contributed by atoms with Gasteiger partial charge in [-0.05, 0) is 31.1 Å². The van der Waals surface area contributed by atoms with Crippen LogP contribution in [-0.2, 0) is 22.6 Å². The van der Waals surface area contributed by atoms with E-state index in [4.69, 9.17) is 15.6 Å². The lowest BCUT2D eigenvalue weighted by molar-refractivity contribution is -0.138. The first-order valence-corrected chi connectivity index (χ1v) is 8.77. The van der Waals surface area contributed by atoms with Crippen molar-refractivity contribution in [2.45, 2.75) is 64.4 Å². The molecule has 0 amide bonds. The first kappa shape index (κ1) is 17.9. The van der Waals surface area contributed by atoms with Crippen molar-refractivity contribution in [3.05, 3.63) is 32.6 Å². The van der Waals surface area contributed by atoms with Crippen molar-refractivity contribution in [1.29, 1.82) is 0 Å². The number of ether oxygens (including phenoxy) is 1. The Morgan fingerprint density at radius 1 is 1.40 bits per heavy atom. The summed E-state index contributed by atoms with van der Waals surface area (Å²) in [5.41, 5.74) is 5.19. The van der Waals surface area contributed by atoms with Gasteiger partial charge in [0.1, 0.15) is 6.04 Å². The van der Waals surface area contributed by atoms with Crippen molar-refractivity contribution in [3.8, 4) is 0 Å². The van der Waals surface area contributed by atoms with Crippen molar-refractivity contribution in [1.82, 2.24) is 9.13 Å². The van der Waals surface area contributed by atoms with E-state index in [2.05, 4.69) is 13.8 Å². The SMILES string of the molecule is CC1Cn2cc(c(=O)n(CCC(N)C(=O)O)c2=O)[C@H]2CCC(O2)C1C. The van der Waals surface area contributed by atoms with Crippen molar-refractivity contribution >= 4 is 5.97 Å². The van der Waals surface area contributed by atoms with Crippen molar-refractivity contribution in [3.63, 3.8) is 0 Å². The van der Waals surface area contributed by atoms with E-state index in [1.165, 1.54) is 0 Å². The Hall–Kier alpha value is -1.93. The van der Waals surface area contributed by atoms with Crippen molar-refractivity contribution in [2.24, 2.45) is 17.6 Å². The van der Waals surface area contributed by atoms with Gasteiger partial charge in [-0.3, -0.25) is 18.7 Å². The van der Waals surface area contributed by atoms with Gasteiger partial charge >= 0.3 is 11.7 Å². The monoisotopic (exact) mass is 351 g/mol. The smallest absolute Gasteiger partial charge is 0.330 e. The van der Waals surface area contributed by atoms with Gasteiger partial charge in [-0.1, -0.05) is 13.8 Å². The van der Waals surface area contributed by atoms with E-state index >= 15 is 0 Å². The third-order valence-electron chi connectivity index (χ3n) is 5.61. The highest BCUT2D eigenvalue weighted by Crippen LogP contribution is 2.37. The number of aliphatic carboxylic acids is 1. The quantitative estimate of drug-likeness (QED) is 0.807. The first-order chi connectivity index (χ1) is 11.8. The number of carbonyl (C=O) groups is 1. The topological polar surface area (TPSA) is 117 Å². The van der Waals surface area contributed by atoms with Gasteiger partial charge in [0.05, 0.1) is 17.8 Å². The zero-order valence-electron chi connectivity index (χ0n) is 14.6. The normalized spacial score (nSPS) is 29.6. The average molecular weight is 351 g/mol. The number of carboxylic acids is 1. The van der Waals surface area contributed by atoms with Crippen LogP contribution in [0.1, 0.15) is 44.8 Å². The van der Waals surface area contributed by atoms with E-state index in [1.54, 1.807) is 10.8 Å². The Morgan fingerprint density at radius 2 is 2.12 bits per heavy atom. The van der Waals surface area contributed by atoms with E-state index in [9.17, 15) is 14.4 Å². The molecule has 5 atom stereocenters. The number of nitrogens with zero attached hydrogens (tertiary/aromatic N) is 2. The molecular formula is C17H25N3O5. The first-order valence-electron chi connectivity index (χ1n) is 8.77. The van der Waals surface area contributed by atoms with Crippen LogP contribution in [0.5, 0.6) is 0 Å². The minimum Gasteiger partial charge on any atom is -0.480 e. The van der Waals surface area contributed by atoms with Gasteiger partial charge in [-0.25, -0.2) is 4.79 Å². The summed E-state index contributed by atoms with van der Waals surface area (Å²) in [4.78, 5) is 36.4. The molecule has 3 rings (SSSR count). The number of hydrogen-bond acceptors (Lipinski definition) is 5. The van der Waals surface area contributed by atoms with Gasteiger partial charge in [-0.15, -0.1) is 0 Å². The van der Waals surface area contributed by atoms with Crippen LogP contribution >= 0.6 is 0 Å². The van der Waals surface area contributed by atoms with E-state index in [0.717, 1.165) is 17.4 Å². The summed E-state index contributed by atoms with van der Waals surface area (Å²) in [6.45, 7) is 4.69. The van der Waals surface area contributed by atoms with Gasteiger partial charge in [0.15, 0.2) is 0 Å². The van der Waals surface area contributed by atoms with Crippen LogP contribution in [0.4, 0.5) is 0 Å². The number of hydrogen-bond donors (Lipinski definition) is 2. The maximum Gasteiger partial charge on any atom is 0.330 e. The predicted molar refractivity (Wildman–Crippen MR) is 90.4 cm³/mol. The third kappa shape index (κ3) is 3.28. The standard InChI is InChI=1S/C17H25N3O5/c1-9-7-19-8-11(14-4-3-13(25-14)10(9)2)15(21)20(17(19)24)6-5-12(18)16(22)23/h8-10,12-14H,3-7,18H2,1-2H3,(H,22,23)/t9?,10?,12?,13?,14-/m1/s1. The minimum absolute atomic E-state index is 0.0148. The molecule has 0 saturated carbocycles. The minimum atomic E-state index is -1.15. The molecule has 3 N–H and O–H groups in total. The molecule has 138 valence electrons. The Morgan fingerprint density at radius 3 is 2.80 bits per heavy atom. The van der Waals surface area contributed by atoms with E-state index in [1.807, 2.05) is 0 Å². The second-order valence-corrected chi connectivity index (χ2v) is 7.29. The highest BCUT2D eigenvalue weighted by molar-refractivity contribution is 5.72. The third-order valence-corrected chi connectivity index (χ3v) is 5.61. The number of rotatable bonds is 4. The summed E-state index contributed by atoms with van der Waals surface area (Å²) in [7, 11) is 0. The van der Waals surface area contributed by atoms with E-state index in [-0.39, 0.29) is 37.0 Å². The molecule has 0 aliphatic carbocycles. The fourth-order valence-corrected chi connectivity index (χ4v) is 3.74. The van der Waals surface area contributed by atoms with Crippen molar-refractivity contribution in [2.75, 3.05) is 0 Å². The molecule has 25 heavy (non-hydrogen) atoms. The molecule has 8 heteroatoms. The lowest BCUT2D eigenvalue weighted by Crippen LogP contribution is -2.44. The molecule has 2 aliphatic rings. The fourth-order valence-electron chi connectivity index (χ4n) is 3.74. The maximum atomic E-state index is 12.8. The Labute approximate surface area is 145 Å². The molecule has 4 bridgehead atoms. The second-order valence-electron chi connectivity index (χ2n) is 7.29. The van der Waals surface area contributed by atoms with Gasteiger partial charge in [0.2, 0.25) is 0 Å². The van der Waals surface area contributed by atoms with Crippen LogP contribution in [0, 0.1) is 11.8 Å². The number of aromatic nitrogens is 2. The molecule has 2 aliphatic heterocycles. The highest BCUT2D eigenvalue weighted by atomic mass is 16.5. The molecular weight excluding hydrogens is 326 g/mol. The molecule has 1 aromatic rings. The fraction of sp³-hybridized carbons (Fsp3) is 0.706. The molecule has 1 fully saturated rings. The maximum absolute atomic E-state index is 12.8. The zero-order chi connectivity index (χ0) is 18.3. The van der Waals surface area contributed by atoms with Gasteiger partial charge in [0.25, 0.3) is 5.56 Å². The number of nitrogens with two attached hydrogens (primary N) is 1. The predicted octanol–water partition coefficient (Wildman–Crippen LogP) is 0.318. The van der Waals surface area contributed by atoms with E-state index in [0.29, 0.717) is 12.1 Å². The Kier molecular flexibility index (Phi) is 4.83. The number of fused-ring (bicyclic) bond motifs is 5. The molecule has 0 spiro atoms. The lowest BCUT2D eigenvalue weighted by atomic mass is 9.88. The van der Waals surface area contributed by atoms with E-state index < -0.39 is 23.3 Å². The van der Waals surface area contributed by atoms with Crippen LogP contribution in [0.25, 0.3) is 0 Å². The molecule has 1 saturated heterocycles. The highest BCUT2D eigenvalue weighted by Gasteiger charge is 2.36. The summed E-state index contributed by atoms with van der Waals surface area (Å²) in [5, 5.41) is 8.92.